The van der Waals surface area contributed by atoms with Crippen LogP contribution in [0, 0.1) is 0 Å². The Bertz CT molecular complexity index is 843. The molecule has 1 fully saturated rings. The van der Waals surface area contributed by atoms with Gasteiger partial charge < -0.3 is 4.98 Å². The van der Waals surface area contributed by atoms with E-state index in [1.807, 2.05) is 36.5 Å². The molecule has 1 aliphatic heterocycles. The highest BCUT2D eigenvalue weighted by Crippen LogP contribution is 2.26. The average molecular weight is 338 g/mol. The van der Waals surface area contributed by atoms with Gasteiger partial charge >= 0.3 is 5.69 Å². The van der Waals surface area contributed by atoms with Crippen LogP contribution in [-0.2, 0) is 13.1 Å². The summed E-state index contributed by atoms with van der Waals surface area (Å²) in [6.45, 7) is 3.45. The number of rotatable bonds is 5. The van der Waals surface area contributed by atoms with Crippen molar-refractivity contribution in [2.24, 2.45) is 0 Å². The van der Waals surface area contributed by atoms with E-state index < -0.39 is 0 Å². The fourth-order valence-electron chi connectivity index (χ4n) is 3.52. The molecule has 0 aliphatic carbocycles. The molecule has 1 aliphatic rings. The number of H-pyrrole nitrogens is 2. The second kappa shape index (κ2) is 7.06. The van der Waals surface area contributed by atoms with E-state index in [9.17, 15) is 4.79 Å². The number of aromatic nitrogens is 5. The molecule has 0 atom stereocenters. The molecule has 0 amide bonds. The van der Waals surface area contributed by atoms with E-state index in [1.54, 1.807) is 10.9 Å². The molecule has 7 heteroatoms. The summed E-state index contributed by atoms with van der Waals surface area (Å²) in [6.07, 6.45) is 5.60. The molecule has 1 aromatic carbocycles. The summed E-state index contributed by atoms with van der Waals surface area (Å²) in [5.74, 6) is 1.20. The van der Waals surface area contributed by atoms with Crippen LogP contribution in [0.15, 0.2) is 47.7 Å². The molecule has 0 saturated carbocycles. The SMILES string of the molecule is O=c1[nH]nc(C2CCN(Cc3cnc[nH]3)CC2)n1Cc1ccccc1. The molecular weight excluding hydrogens is 316 g/mol. The lowest BCUT2D eigenvalue weighted by molar-refractivity contribution is 0.198. The predicted molar refractivity (Wildman–Crippen MR) is 94.2 cm³/mol. The van der Waals surface area contributed by atoms with Crippen LogP contribution in [0.1, 0.15) is 35.8 Å². The third kappa shape index (κ3) is 3.56. The zero-order chi connectivity index (χ0) is 17.1. The Kier molecular flexibility index (Phi) is 4.47. The molecular formula is C18H22N6O. The van der Waals surface area contributed by atoms with Gasteiger partial charge in [0.25, 0.3) is 0 Å². The van der Waals surface area contributed by atoms with E-state index >= 15 is 0 Å². The monoisotopic (exact) mass is 338 g/mol. The zero-order valence-electron chi connectivity index (χ0n) is 14.1. The first-order valence-electron chi connectivity index (χ1n) is 8.68. The quantitative estimate of drug-likeness (QED) is 0.742. The van der Waals surface area contributed by atoms with Gasteiger partial charge in [0.15, 0.2) is 0 Å². The van der Waals surface area contributed by atoms with Gasteiger partial charge in [-0.3, -0.25) is 9.47 Å². The Labute approximate surface area is 145 Å². The highest BCUT2D eigenvalue weighted by atomic mass is 16.1. The van der Waals surface area contributed by atoms with Crippen molar-refractivity contribution >= 4 is 0 Å². The van der Waals surface area contributed by atoms with Crippen LogP contribution in [0.2, 0.25) is 0 Å². The summed E-state index contributed by atoms with van der Waals surface area (Å²) in [5.41, 5.74) is 2.13. The van der Waals surface area contributed by atoms with E-state index in [0.29, 0.717) is 12.5 Å². The lowest BCUT2D eigenvalue weighted by atomic mass is 9.95. The summed E-state index contributed by atoms with van der Waals surface area (Å²) in [5, 5.41) is 6.96. The van der Waals surface area contributed by atoms with Crippen molar-refractivity contribution in [1.29, 1.82) is 0 Å². The second-order valence-corrected chi connectivity index (χ2v) is 6.59. The molecule has 2 N–H and O–H groups in total. The third-order valence-corrected chi connectivity index (χ3v) is 4.87. The van der Waals surface area contributed by atoms with E-state index in [1.165, 1.54) is 0 Å². The van der Waals surface area contributed by atoms with Gasteiger partial charge in [0.2, 0.25) is 0 Å². The lowest BCUT2D eigenvalue weighted by Crippen LogP contribution is -2.34. The molecule has 0 bridgehead atoms. The third-order valence-electron chi connectivity index (χ3n) is 4.87. The van der Waals surface area contributed by atoms with Gasteiger partial charge in [0.1, 0.15) is 5.82 Å². The van der Waals surface area contributed by atoms with Crippen LogP contribution in [0.25, 0.3) is 0 Å². The van der Waals surface area contributed by atoms with Gasteiger partial charge in [-0.15, -0.1) is 0 Å². The van der Waals surface area contributed by atoms with Crippen LogP contribution in [-0.4, -0.2) is 42.7 Å². The number of hydrogen-bond donors (Lipinski definition) is 2. The number of nitrogens with one attached hydrogen (secondary N) is 2. The van der Waals surface area contributed by atoms with E-state index in [0.717, 1.165) is 49.6 Å². The molecule has 25 heavy (non-hydrogen) atoms. The maximum Gasteiger partial charge on any atom is 0.343 e. The standard InChI is InChI=1S/C18H22N6O/c25-18-22-21-17(24(18)11-14-4-2-1-3-5-14)15-6-8-23(9-7-15)12-16-10-19-13-20-16/h1-5,10,13,15H,6-9,11-12H2,(H,19,20)(H,22,25). The van der Waals surface area contributed by atoms with Gasteiger partial charge in [-0.1, -0.05) is 30.3 Å². The van der Waals surface area contributed by atoms with Crippen molar-refractivity contribution in [1.82, 2.24) is 29.6 Å². The molecule has 0 spiro atoms. The molecule has 4 rings (SSSR count). The maximum absolute atomic E-state index is 12.2. The van der Waals surface area contributed by atoms with Crippen LogP contribution < -0.4 is 5.69 Å². The van der Waals surface area contributed by atoms with Crippen molar-refractivity contribution in [3.05, 3.63) is 70.4 Å². The zero-order valence-corrected chi connectivity index (χ0v) is 14.1. The first-order chi connectivity index (χ1) is 12.3. The molecule has 3 heterocycles. The minimum atomic E-state index is -0.126. The average Bonchev–Trinajstić information content (AvgIpc) is 3.28. The smallest absolute Gasteiger partial charge is 0.343 e. The Morgan fingerprint density at radius 3 is 2.64 bits per heavy atom. The second-order valence-electron chi connectivity index (χ2n) is 6.59. The number of aromatic amines is 2. The number of likely N-dealkylation sites (tertiary alicyclic amines) is 1. The fraction of sp³-hybridized carbons (Fsp3) is 0.389. The summed E-state index contributed by atoms with van der Waals surface area (Å²) < 4.78 is 1.78. The van der Waals surface area contributed by atoms with Crippen LogP contribution >= 0.6 is 0 Å². The normalized spacial score (nSPS) is 16.3. The Morgan fingerprint density at radius 1 is 1.12 bits per heavy atom. The summed E-state index contributed by atoms with van der Waals surface area (Å²) in [4.78, 5) is 21.8. The largest absolute Gasteiger partial charge is 0.347 e. The fourth-order valence-corrected chi connectivity index (χ4v) is 3.52. The molecule has 1 saturated heterocycles. The van der Waals surface area contributed by atoms with Crippen molar-refractivity contribution < 1.29 is 0 Å². The maximum atomic E-state index is 12.2. The molecule has 3 aromatic rings. The lowest BCUT2D eigenvalue weighted by Gasteiger charge is -2.31. The van der Waals surface area contributed by atoms with Crippen LogP contribution in [0.3, 0.4) is 0 Å². The molecule has 0 unspecified atom stereocenters. The molecule has 7 nitrogen and oxygen atoms in total. The molecule has 0 radical (unpaired) electrons. The first kappa shape index (κ1) is 15.8. The van der Waals surface area contributed by atoms with Gasteiger partial charge in [-0.25, -0.2) is 14.9 Å². The van der Waals surface area contributed by atoms with E-state index in [2.05, 4.69) is 25.1 Å². The minimum Gasteiger partial charge on any atom is -0.347 e. The van der Waals surface area contributed by atoms with Gasteiger partial charge in [-0.05, 0) is 31.5 Å². The topological polar surface area (TPSA) is 82.6 Å². The van der Waals surface area contributed by atoms with Crippen molar-refractivity contribution in [3.8, 4) is 0 Å². The molecule has 130 valence electrons. The molecule has 2 aromatic heterocycles. The number of piperidine rings is 1. The summed E-state index contributed by atoms with van der Waals surface area (Å²) in [7, 11) is 0. The number of hydrogen-bond acceptors (Lipinski definition) is 4. The predicted octanol–water partition coefficient (Wildman–Crippen LogP) is 1.72. The van der Waals surface area contributed by atoms with Crippen LogP contribution in [0.4, 0.5) is 0 Å². The van der Waals surface area contributed by atoms with Crippen molar-refractivity contribution in [2.45, 2.75) is 31.8 Å². The van der Waals surface area contributed by atoms with Crippen LogP contribution in [0.5, 0.6) is 0 Å². The van der Waals surface area contributed by atoms with Gasteiger partial charge in [0, 0.05) is 24.4 Å². The first-order valence-corrected chi connectivity index (χ1v) is 8.68. The van der Waals surface area contributed by atoms with Crippen molar-refractivity contribution in [3.63, 3.8) is 0 Å². The number of nitrogens with zero attached hydrogens (tertiary/aromatic N) is 4. The highest BCUT2D eigenvalue weighted by Gasteiger charge is 2.25. The van der Waals surface area contributed by atoms with E-state index in [-0.39, 0.29) is 5.69 Å². The number of imidazole rings is 1. The summed E-state index contributed by atoms with van der Waals surface area (Å²) >= 11 is 0. The summed E-state index contributed by atoms with van der Waals surface area (Å²) in [6, 6.07) is 10.0. The van der Waals surface area contributed by atoms with Gasteiger partial charge in [-0.2, -0.15) is 5.10 Å². The Morgan fingerprint density at radius 2 is 1.92 bits per heavy atom. The van der Waals surface area contributed by atoms with E-state index in [4.69, 9.17) is 0 Å². The Balaban J connectivity index is 1.44. The van der Waals surface area contributed by atoms with Crippen molar-refractivity contribution in [2.75, 3.05) is 13.1 Å². The Hall–Kier alpha value is -2.67. The minimum absolute atomic E-state index is 0.126. The van der Waals surface area contributed by atoms with Gasteiger partial charge in [0.05, 0.1) is 12.9 Å². The number of benzene rings is 1. The highest BCUT2D eigenvalue weighted by molar-refractivity contribution is 5.16.